The first-order valence-electron chi connectivity index (χ1n) is 9.98. The summed E-state index contributed by atoms with van der Waals surface area (Å²) in [6.07, 6.45) is 5.85. The molecule has 1 fully saturated rings. The third-order valence-electron chi connectivity index (χ3n) is 5.45. The van der Waals surface area contributed by atoms with Crippen molar-refractivity contribution in [2.45, 2.75) is 49.5 Å². The van der Waals surface area contributed by atoms with E-state index in [0.29, 0.717) is 10.6 Å². The SMILES string of the molecule is O=C(Nc1ccc(S(=O)(=O)N[C@H]2CCS(=O)(=O)C2)cc1)c1cc2c(s1)CCCCC2. The first kappa shape index (κ1) is 21.5. The molecule has 2 aromatic rings. The average molecular weight is 469 g/mol. The molecule has 2 N–H and O–H groups in total. The van der Waals surface area contributed by atoms with Crippen LogP contribution in [0.15, 0.2) is 35.2 Å². The Hall–Kier alpha value is -1.75. The van der Waals surface area contributed by atoms with Crippen LogP contribution >= 0.6 is 11.3 Å². The lowest BCUT2D eigenvalue weighted by atomic mass is 10.1. The van der Waals surface area contributed by atoms with E-state index >= 15 is 0 Å². The van der Waals surface area contributed by atoms with Crippen LogP contribution < -0.4 is 10.0 Å². The van der Waals surface area contributed by atoms with Gasteiger partial charge in [0, 0.05) is 16.6 Å². The van der Waals surface area contributed by atoms with Crippen molar-refractivity contribution in [1.29, 1.82) is 0 Å². The third kappa shape index (κ3) is 4.93. The van der Waals surface area contributed by atoms with Crippen LogP contribution in [-0.2, 0) is 32.7 Å². The number of sulfonamides is 1. The molecule has 1 atom stereocenters. The van der Waals surface area contributed by atoms with E-state index in [0.717, 1.165) is 25.7 Å². The summed E-state index contributed by atoms with van der Waals surface area (Å²) in [5, 5.41) is 2.82. The van der Waals surface area contributed by atoms with Crippen molar-refractivity contribution < 1.29 is 21.6 Å². The Morgan fingerprint density at radius 1 is 1.07 bits per heavy atom. The second-order valence-corrected chi connectivity index (χ2v) is 12.9. The number of benzene rings is 1. The summed E-state index contributed by atoms with van der Waals surface area (Å²) in [6, 6.07) is 7.26. The van der Waals surface area contributed by atoms with Gasteiger partial charge in [0.05, 0.1) is 21.3 Å². The second-order valence-electron chi connectivity index (χ2n) is 7.82. The quantitative estimate of drug-likeness (QED) is 0.656. The molecule has 30 heavy (non-hydrogen) atoms. The fraction of sp³-hybridized carbons (Fsp3) is 0.450. The number of carbonyl (C=O) groups excluding carboxylic acids is 1. The number of carbonyl (C=O) groups is 1. The van der Waals surface area contributed by atoms with Gasteiger partial charge in [0.15, 0.2) is 9.84 Å². The number of amides is 1. The third-order valence-corrected chi connectivity index (χ3v) is 9.99. The summed E-state index contributed by atoms with van der Waals surface area (Å²) in [6.45, 7) is 0. The number of hydrogen-bond donors (Lipinski definition) is 2. The molecular formula is C20H24N2O5S3. The molecule has 0 bridgehead atoms. The van der Waals surface area contributed by atoms with Gasteiger partial charge in [-0.3, -0.25) is 4.79 Å². The Bertz CT molecular complexity index is 1130. The number of anilines is 1. The van der Waals surface area contributed by atoms with Gasteiger partial charge in [0.1, 0.15) is 0 Å². The fourth-order valence-electron chi connectivity index (χ4n) is 3.86. The van der Waals surface area contributed by atoms with Gasteiger partial charge in [-0.05, 0) is 68.0 Å². The number of thiophene rings is 1. The molecule has 2 heterocycles. The minimum atomic E-state index is -3.82. The van der Waals surface area contributed by atoms with Crippen LogP contribution in [-0.4, -0.2) is 40.3 Å². The van der Waals surface area contributed by atoms with Gasteiger partial charge in [0.25, 0.3) is 5.91 Å². The summed E-state index contributed by atoms with van der Waals surface area (Å²) in [7, 11) is -7.00. The fourth-order valence-corrected chi connectivity index (χ4v) is 8.06. The molecule has 1 saturated heterocycles. The van der Waals surface area contributed by atoms with Gasteiger partial charge < -0.3 is 5.32 Å². The second kappa shape index (κ2) is 8.41. The van der Waals surface area contributed by atoms with Crippen molar-refractivity contribution in [2.75, 3.05) is 16.8 Å². The number of aryl methyl sites for hydroxylation is 2. The first-order chi connectivity index (χ1) is 14.2. The lowest BCUT2D eigenvalue weighted by molar-refractivity contribution is 0.103. The summed E-state index contributed by atoms with van der Waals surface area (Å²) >= 11 is 1.53. The van der Waals surface area contributed by atoms with Crippen molar-refractivity contribution in [3.05, 3.63) is 45.6 Å². The highest BCUT2D eigenvalue weighted by atomic mass is 32.2. The van der Waals surface area contributed by atoms with Gasteiger partial charge in [-0.2, -0.15) is 0 Å². The normalized spacial score (nSPS) is 21.0. The van der Waals surface area contributed by atoms with Gasteiger partial charge in [0.2, 0.25) is 10.0 Å². The molecule has 1 aliphatic carbocycles. The minimum absolute atomic E-state index is 0.00267. The van der Waals surface area contributed by atoms with Crippen LogP contribution in [0.1, 0.15) is 45.8 Å². The predicted octanol–water partition coefficient (Wildman–Crippen LogP) is 2.73. The summed E-state index contributed by atoms with van der Waals surface area (Å²) in [5.74, 6) is -0.374. The van der Waals surface area contributed by atoms with E-state index in [2.05, 4.69) is 10.0 Å². The molecule has 4 rings (SSSR count). The Labute approximate surface area is 180 Å². The summed E-state index contributed by atoms with van der Waals surface area (Å²) in [4.78, 5) is 14.6. The minimum Gasteiger partial charge on any atom is -0.321 e. The Kier molecular flexibility index (Phi) is 6.02. The molecular weight excluding hydrogens is 444 g/mol. The Balaban J connectivity index is 1.41. The van der Waals surface area contributed by atoms with Crippen molar-refractivity contribution >= 4 is 42.8 Å². The molecule has 2 aliphatic rings. The van der Waals surface area contributed by atoms with Crippen LogP contribution in [0.2, 0.25) is 0 Å². The van der Waals surface area contributed by atoms with E-state index < -0.39 is 25.9 Å². The molecule has 7 nitrogen and oxygen atoms in total. The van der Waals surface area contributed by atoms with Crippen molar-refractivity contribution in [2.24, 2.45) is 0 Å². The standard InChI is InChI=1S/C20H24N2O5S3/c23-20(19-12-14-4-2-1-3-5-18(14)28-19)21-15-6-8-17(9-7-15)30(26,27)22-16-10-11-29(24,25)13-16/h6-9,12,16,22H,1-5,10-11,13H2,(H,21,23)/t16-/m0/s1. The molecule has 0 radical (unpaired) electrons. The predicted molar refractivity (Wildman–Crippen MR) is 117 cm³/mol. The van der Waals surface area contributed by atoms with Gasteiger partial charge >= 0.3 is 0 Å². The van der Waals surface area contributed by atoms with Gasteiger partial charge in [-0.15, -0.1) is 11.3 Å². The highest BCUT2D eigenvalue weighted by molar-refractivity contribution is 7.92. The van der Waals surface area contributed by atoms with Crippen LogP contribution in [0.3, 0.4) is 0 Å². The highest BCUT2D eigenvalue weighted by Crippen LogP contribution is 2.29. The maximum absolute atomic E-state index is 12.6. The molecule has 1 aromatic carbocycles. The highest BCUT2D eigenvalue weighted by Gasteiger charge is 2.31. The lowest BCUT2D eigenvalue weighted by Crippen LogP contribution is -2.35. The van der Waals surface area contributed by atoms with Crippen LogP contribution in [0.5, 0.6) is 0 Å². The van der Waals surface area contributed by atoms with Crippen LogP contribution in [0.4, 0.5) is 5.69 Å². The van der Waals surface area contributed by atoms with E-state index in [9.17, 15) is 21.6 Å². The van der Waals surface area contributed by atoms with E-state index in [-0.39, 0.29) is 28.7 Å². The van der Waals surface area contributed by atoms with E-state index in [1.165, 1.54) is 52.5 Å². The number of fused-ring (bicyclic) bond motifs is 1. The summed E-state index contributed by atoms with van der Waals surface area (Å²) in [5.41, 5.74) is 1.77. The molecule has 1 amide bonds. The van der Waals surface area contributed by atoms with Crippen molar-refractivity contribution in [3.63, 3.8) is 0 Å². The van der Waals surface area contributed by atoms with E-state index in [1.807, 2.05) is 6.07 Å². The van der Waals surface area contributed by atoms with Gasteiger partial charge in [-0.25, -0.2) is 21.6 Å². The molecule has 162 valence electrons. The van der Waals surface area contributed by atoms with Crippen LogP contribution in [0.25, 0.3) is 0 Å². The van der Waals surface area contributed by atoms with Crippen molar-refractivity contribution in [3.8, 4) is 0 Å². The number of sulfone groups is 1. The summed E-state index contributed by atoms with van der Waals surface area (Å²) < 4.78 is 50.5. The largest absolute Gasteiger partial charge is 0.321 e. The smallest absolute Gasteiger partial charge is 0.265 e. The molecule has 0 unspecified atom stereocenters. The number of rotatable bonds is 5. The number of hydrogen-bond acceptors (Lipinski definition) is 6. The molecule has 10 heteroatoms. The molecule has 0 saturated carbocycles. The van der Waals surface area contributed by atoms with E-state index in [1.54, 1.807) is 0 Å². The Morgan fingerprint density at radius 2 is 1.80 bits per heavy atom. The Morgan fingerprint density at radius 3 is 2.50 bits per heavy atom. The zero-order chi connectivity index (χ0) is 21.4. The monoisotopic (exact) mass is 468 g/mol. The van der Waals surface area contributed by atoms with E-state index in [4.69, 9.17) is 0 Å². The van der Waals surface area contributed by atoms with Crippen molar-refractivity contribution in [1.82, 2.24) is 4.72 Å². The molecule has 0 spiro atoms. The average Bonchev–Trinajstić information content (AvgIpc) is 3.17. The molecule has 1 aromatic heterocycles. The first-order valence-corrected chi connectivity index (χ1v) is 14.1. The maximum atomic E-state index is 12.6. The van der Waals surface area contributed by atoms with Gasteiger partial charge in [-0.1, -0.05) is 6.42 Å². The molecule has 1 aliphatic heterocycles. The topological polar surface area (TPSA) is 109 Å². The zero-order valence-electron chi connectivity index (χ0n) is 16.4. The van der Waals surface area contributed by atoms with Crippen LogP contribution in [0, 0.1) is 0 Å². The zero-order valence-corrected chi connectivity index (χ0v) is 18.8. The maximum Gasteiger partial charge on any atom is 0.265 e. The lowest BCUT2D eigenvalue weighted by Gasteiger charge is -2.12. The number of nitrogens with one attached hydrogen (secondary N) is 2.